The first-order chi connectivity index (χ1) is 7.68. The lowest BCUT2D eigenvalue weighted by Crippen LogP contribution is -2.40. The highest BCUT2D eigenvalue weighted by atomic mass is 32.2. The first-order valence-electron chi connectivity index (χ1n) is 6.24. The fourth-order valence-electron chi connectivity index (χ4n) is 2.49. The van der Waals surface area contributed by atoms with Crippen LogP contribution in [-0.2, 0) is 14.8 Å². The molecule has 0 saturated carbocycles. The Bertz CT molecular complexity index is 303. The first kappa shape index (κ1) is 12.3. The molecule has 2 aliphatic rings. The molecular weight excluding hydrogens is 226 g/mol. The number of hydrogen-bond acceptors (Lipinski definition) is 3. The summed E-state index contributed by atoms with van der Waals surface area (Å²) in [4.78, 5) is 0. The Morgan fingerprint density at radius 2 is 1.88 bits per heavy atom. The Kier molecular flexibility index (Phi) is 4.21. The van der Waals surface area contributed by atoms with Crippen LogP contribution in [-0.4, -0.2) is 44.8 Å². The first-order valence-corrected chi connectivity index (χ1v) is 7.85. The summed E-state index contributed by atoms with van der Waals surface area (Å²) in [6.07, 6.45) is 5.19. The number of sulfonamides is 1. The highest BCUT2D eigenvalue weighted by Gasteiger charge is 2.28. The van der Waals surface area contributed by atoms with Gasteiger partial charge in [0.15, 0.2) is 0 Å². The van der Waals surface area contributed by atoms with Crippen LogP contribution in [0.3, 0.4) is 0 Å². The fraction of sp³-hybridized carbons (Fsp3) is 1.00. The summed E-state index contributed by atoms with van der Waals surface area (Å²) in [5, 5.41) is 0. The van der Waals surface area contributed by atoms with E-state index in [1.165, 1.54) is 6.42 Å². The topological polar surface area (TPSA) is 46.6 Å². The molecule has 0 aromatic carbocycles. The van der Waals surface area contributed by atoms with Gasteiger partial charge >= 0.3 is 0 Å². The van der Waals surface area contributed by atoms with Gasteiger partial charge in [0.1, 0.15) is 0 Å². The van der Waals surface area contributed by atoms with Crippen molar-refractivity contribution in [1.29, 1.82) is 0 Å². The van der Waals surface area contributed by atoms with Gasteiger partial charge in [-0.05, 0) is 31.6 Å². The molecule has 0 aromatic rings. The molecule has 1 unspecified atom stereocenters. The fourth-order valence-corrected chi connectivity index (χ4v) is 4.37. The lowest BCUT2D eigenvalue weighted by atomic mass is 10.1. The van der Waals surface area contributed by atoms with Crippen molar-refractivity contribution < 1.29 is 13.2 Å². The van der Waals surface area contributed by atoms with Crippen molar-refractivity contribution in [2.75, 3.05) is 32.1 Å². The molecule has 4 nitrogen and oxygen atoms in total. The van der Waals surface area contributed by atoms with Crippen molar-refractivity contribution in [3.8, 4) is 0 Å². The smallest absolute Gasteiger partial charge is 0.214 e. The molecular formula is C11H21NO3S. The molecule has 2 heterocycles. The standard InChI is InChI=1S/C11H21NO3S/c13-16(14,12-6-2-1-3-7-12)10-11-5-4-8-15-9-11/h11H,1-10H2. The van der Waals surface area contributed by atoms with E-state index in [9.17, 15) is 8.42 Å². The highest BCUT2D eigenvalue weighted by Crippen LogP contribution is 2.20. The van der Waals surface area contributed by atoms with Gasteiger partial charge in [-0.1, -0.05) is 6.42 Å². The van der Waals surface area contributed by atoms with E-state index in [0.29, 0.717) is 6.61 Å². The molecule has 0 amide bonds. The predicted octanol–water partition coefficient (Wildman–Crippen LogP) is 1.23. The second kappa shape index (κ2) is 5.47. The summed E-state index contributed by atoms with van der Waals surface area (Å²) in [6, 6.07) is 0. The molecule has 0 aliphatic carbocycles. The summed E-state index contributed by atoms with van der Waals surface area (Å²) in [5.74, 6) is 0.494. The van der Waals surface area contributed by atoms with Gasteiger partial charge in [-0.3, -0.25) is 0 Å². The van der Waals surface area contributed by atoms with Gasteiger partial charge in [0.25, 0.3) is 0 Å². The minimum absolute atomic E-state index is 0.209. The molecule has 2 aliphatic heterocycles. The Hall–Kier alpha value is -0.130. The van der Waals surface area contributed by atoms with Crippen molar-refractivity contribution in [3.05, 3.63) is 0 Å². The minimum Gasteiger partial charge on any atom is -0.381 e. The van der Waals surface area contributed by atoms with Crippen molar-refractivity contribution in [3.63, 3.8) is 0 Å². The third-order valence-electron chi connectivity index (χ3n) is 3.41. The zero-order valence-corrected chi connectivity index (χ0v) is 10.5. The van der Waals surface area contributed by atoms with E-state index >= 15 is 0 Å². The van der Waals surface area contributed by atoms with E-state index in [1.807, 2.05) is 0 Å². The average molecular weight is 247 g/mol. The van der Waals surface area contributed by atoms with Crippen LogP contribution < -0.4 is 0 Å². The number of piperidine rings is 1. The Balaban J connectivity index is 1.90. The van der Waals surface area contributed by atoms with Crippen LogP contribution in [0.25, 0.3) is 0 Å². The maximum Gasteiger partial charge on any atom is 0.214 e. The molecule has 0 N–H and O–H groups in total. The Morgan fingerprint density at radius 1 is 1.12 bits per heavy atom. The third-order valence-corrected chi connectivity index (χ3v) is 5.45. The van der Waals surface area contributed by atoms with Crippen LogP contribution in [0.15, 0.2) is 0 Å². The maximum absolute atomic E-state index is 12.1. The van der Waals surface area contributed by atoms with Gasteiger partial charge in [-0.2, -0.15) is 0 Å². The number of rotatable bonds is 3. The van der Waals surface area contributed by atoms with Crippen LogP contribution in [0, 0.1) is 5.92 Å². The molecule has 1 atom stereocenters. The van der Waals surface area contributed by atoms with E-state index in [1.54, 1.807) is 4.31 Å². The lowest BCUT2D eigenvalue weighted by Gasteiger charge is -2.29. The summed E-state index contributed by atoms with van der Waals surface area (Å²) in [6.45, 7) is 2.85. The Morgan fingerprint density at radius 3 is 2.50 bits per heavy atom. The molecule has 2 fully saturated rings. The van der Waals surface area contributed by atoms with Gasteiger partial charge in [-0.15, -0.1) is 0 Å². The molecule has 2 rings (SSSR count). The molecule has 16 heavy (non-hydrogen) atoms. The predicted molar refractivity (Wildman–Crippen MR) is 62.8 cm³/mol. The van der Waals surface area contributed by atoms with Crippen molar-refractivity contribution >= 4 is 10.0 Å². The van der Waals surface area contributed by atoms with Crippen LogP contribution >= 0.6 is 0 Å². The summed E-state index contributed by atoms with van der Waals surface area (Å²) < 4.78 is 31.3. The summed E-state index contributed by atoms with van der Waals surface area (Å²) in [7, 11) is -3.03. The summed E-state index contributed by atoms with van der Waals surface area (Å²) in [5.41, 5.74) is 0. The van der Waals surface area contributed by atoms with Gasteiger partial charge in [0.2, 0.25) is 10.0 Å². The van der Waals surface area contributed by atoms with E-state index < -0.39 is 10.0 Å². The van der Waals surface area contributed by atoms with Crippen molar-refractivity contribution in [2.45, 2.75) is 32.1 Å². The van der Waals surface area contributed by atoms with E-state index in [2.05, 4.69) is 0 Å². The molecule has 2 saturated heterocycles. The molecule has 0 spiro atoms. The Labute approximate surface area is 98.0 Å². The minimum atomic E-state index is -3.03. The van der Waals surface area contributed by atoms with Gasteiger partial charge < -0.3 is 4.74 Å². The number of nitrogens with zero attached hydrogens (tertiary/aromatic N) is 1. The number of hydrogen-bond donors (Lipinski definition) is 0. The molecule has 0 radical (unpaired) electrons. The summed E-state index contributed by atoms with van der Waals surface area (Å²) >= 11 is 0. The van der Waals surface area contributed by atoms with E-state index in [0.717, 1.165) is 45.4 Å². The number of ether oxygens (including phenoxy) is 1. The van der Waals surface area contributed by atoms with Gasteiger partial charge in [0.05, 0.1) is 12.4 Å². The van der Waals surface area contributed by atoms with Crippen LogP contribution in [0.2, 0.25) is 0 Å². The van der Waals surface area contributed by atoms with E-state index in [-0.39, 0.29) is 11.7 Å². The largest absolute Gasteiger partial charge is 0.381 e. The monoisotopic (exact) mass is 247 g/mol. The zero-order valence-electron chi connectivity index (χ0n) is 9.73. The molecule has 0 aromatic heterocycles. The average Bonchev–Trinajstić information content (AvgIpc) is 2.31. The quantitative estimate of drug-likeness (QED) is 0.753. The SMILES string of the molecule is O=S(=O)(CC1CCCOC1)N1CCCCC1. The lowest BCUT2D eigenvalue weighted by molar-refractivity contribution is 0.0621. The third kappa shape index (κ3) is 3.18. The van der Waals surface area contributed by atoms with Crippen molar-refractivity contribution in [1.82, 2.24) is 4.31 Å². The van der Waals surface area contributed by atoms with Crippen LogP contribution in [0.5, 0.6) is 0 Å². The van der Waals surface area contributed by atoms with Crippen LogP contribution in [0.1, 0.15) is 32.1 Å². The highest BCUT2D eigenvalue weighted by molar-refractivity contribution is 7.89. The zero-order chi connectivity index (χ0) is 11.4. The maximum atomic E-state index is 12.1. The van der Waals surface area contributed by atoms with Gasteiger partial charge in [-0.25, -0.2) is 12.7 Å². The normalized spacial score (nSPS) is 29.1. The second-order valence-electron chi connectivity index (χ2n) is 4.82. The van der Waals surface area contributed by atoms with Crippen molar-refractivity contribution in [2.24, 2.45) is 5.92 Å². The van der Waals surface area contributed by atoms with Gasteiger partial charge in [0, 0.05) is 19.7 Å². The molecule has 94 valence electrons. The molecule has 5 heteroatoms. The van der Waals surface area contributed by atoms with E-state index in [4.69, 9.17) is 4.74 Å². The molecule has 0 bridgehead atoms. The second-order valence-corrected chi connectivity index (χ2v) is 6.83. The van der Waals surface area contributed by atoms with Crippen LogP contribution in [0.4, 0.5) is 0 Å².